The smallest absolute Gasteiger partial charge is 0.246 e. The van der Waals surface area contributed by atoms with Crippen LogP contribution in [-0.4, -0.2) is 86.2 Å². The average molecular weight is 490 g/mol. The number of hydrogen-bond acceptors (Lipinski definition) is 7. The van der Waals surface area contributed by atoms with Crippen molar-refractivity contribution in [2.45, 2.75) is 43.8 Å². The Labute approximate surface area is 205 Å². The predicted octanol–water partition coefficient (Wildman–Crippen LogP) is -0.949. The second kappa shape index (κ2) is 13.2. The number of rotatable bonds is 3. The molecule has 0 radical (unpaired) electrons. The van der Waals surface area contributed by atoms with Crippen LogP contribution in [0.3, 0.4) is 0 Å². The van der Waals surface area contributed by atoms with E-state index < -0.39 is 29.3 Å². The minimum absolute atomic E-state index is 0.0353. The number of nitrogens with zero attached hydrogens (tertiary/aromatic N) is 1. The first-order valence-electron chi connectivity index (χ1n) is 11.9. The molecule has 192 valence electrons. The first-order chi connectivity index (χ1) is 16.8. The van der Waals surface area contributed by atoms with E-state index in [1.54, 1.807) is 0 Å². The molecule has 1 aromatic rings. The van der Waals surface area contributed by atoms with Crippen LogP contribution in [0.25, 0.3) is 0 Å². The van der Waals surface area contributed by atoms with Crippen LogP contribution < -0.4 is 21.7 Å². The number of amides is 4. The summed E-state index contributed by atoms with van der Waals surface area (Å²) in [6, 6.07) is 8.95. The minimum atomic E-state index is -1.15. The first-order valence-corrected chi connectivity index (χ1v) is 11.9. The molecule has 0 bridgehead atoms. The molecule has 2 aliphatic rings. The molecule has 5 N–H and O–H groups in total. The Kier molecular flexibility index (Phi) is 10.0. The molecule has 2 saturated heterocycles. The van der Waals surface area contributed by atoms with Gasteiger partial charge < -0.3 is 31.2 Å². The van der Waals surface area contributed by atoms with Crippen molar-refractivity contribution >= 4 is 23.6 Å². The molecule has 11 nitrogen and oxygen atoms in total. The van der Waals surface area contributed by atoms with E-state index in [-0.39, 0.29) is 51.7 Å². The second-order valence-electron chi connectivity index (χ2n) is 9.01. The predicted molar refractivity (Wildman–Crippen MR) is 127 cm³/mol. The van der Waals surface area contributed by atoms with Crippen LogP contribution in [0.2, 0.25) is 0 Å². The maximum Gasteiger partial charge on any atom is 0.246 e. The molecule has 3 rings (SSSR count). The Morgan fingerprint density at radius 2 is 1.71 bits per heavy atom. The highest BCUT2D eigenvalue weighted by molar-refractivity contribution is 5.91. The highest BCUT2D eigenvalue weighted by atomic mass is 16.5. The Morgan fingerprint density at radius 1 is 1.00 bits per heavy atom. The molecule has 2 heterocycles. The van der Waals surface area contributed by atoms with Gasteiger partial charge in [0.15, 0.2) is 0 Å². The summed E-state index contributed by atoms with van der Waals surface area (Å²) in [7, 11) is 0. The molecule has 0 saturated carbocycles. The topological polar surface area (TPSA) is 152 Å². The lowest BCUT2D eigenvalue weighted by Gasteiger charge is -2.42. The fraction of sp³-hybridized carbons (Fsp3) is 0.583. The van der Waals surface area contributed by atoms with E-state index in [4.69, 9.17) is 15.2 Å². The van der Waals surface area contributed by atoms with Gasteiger partial charge in [0.25, 0.3) is 0 Å². The molecule has 4 amide bonds. The Balaban J connectivity index is 1.69. The summed E-state index contributed by atoms with van der Waals surface area (Å²) in [6.07, 6.45) is 0.786. The van der Waals surface area contributed by atoms with Crippen LogP contribution in [-0.2, 0) is 35.2 Å². The zero-order valence-corrected chi connectivity index (χ0v) is 19.9. The van der Waals surface area contributed by atoms with Gasteiger partial charge in [0.1, 0.15) is 12.6 Å². The third-order valence-corrected chi connectivity index (χ3v) is 6.21. The third kappa shape index (κ3) is 8.93. The molecule has 1 atom stereocenters. The molecular formula is C24H35N5O6. The summed E-state index contributed by atoms with van der Waals surface area (Å²) in [6.45, 7) is 2.97. The molecule has 2 fully saturated rings. The van der Waals surface area contributed by atoms with E-state index in [0.29, 0.717) is 25.9 Å². The summed E-state index contributed by atoms with van der Waals surface area (Å²) in [5, 5.41) is 8.21. The van der Waals surface area contributed by atoms with Crippen LogP contribution in [0, 0.1) is 0 Å². The maximum absolute atomic E-state index is 12.9. The van der Waals surface area contributed by atoms with Gasteiger partial charge >= 0.3 is 0 Å². The van der Waals surface area contributed by atoms with Gasteiger partial charge in [0, 0.05) is 32.6 Å². The van der Waals surface area contributed by atoms with Crippen molar-refractivity contribution in [1.82, 2.24) is 20.9 Å². The van der Waals surface area contributed by atoms with Gasteiger partial charge in [-0.15, -0.1) is 0 Å². The van der Waals surface area contributed by atoms with Crippen molar-refractivity contribution in [1.29, 1.82) is 0 Å². The van der Waals surface area contributed by atoms with Crippen molar-refractivity contribution in [2.75, 3.05) is 46.1 Å². The van der Waals surface area contributed by atoms with Crippen LogP contribution in [0.5, 0.6) is 0 Å². The van der Waals surface area contributed by atoms with E-state index >= 15 is 0 Å². The lowest BCUT2D eigenvalue weighted by Crippen LogP contribution is -2.58. The number of nitrogens with two attached hydrogens (primary N) is 1. The second-order valence-corrected chi connectivity index (χ2v) is 9.01. The lowest BCUT2D eigenvalue weighted by molar-refractivity contribution is -0.132. The SMILES string of the molecule is NC(=O)[C@@H]1CC(=O)NCCOCCOCC(=O)NC2(CCN(Cc3ccccc3)CC2)CC(=O)N1. The van der Waals surface area contributed by atoms with E-state index in [2.05, 4.69) is 33.0 Å². The number of ether oxygens (including phenoxy) is 2. The maximum atomic E-state index is 12.9. The zero-order valence-electron chi connectivity index (χ0n) is 19.9. The Bertz CT molecular complexity index is 872. The van der Waals surface area contributed by atoms with Gasteiger partial charge in [-0.05, 0) is 18.4 Å². The highest BCUT2D eigenvalue weighted by Crippen LogP contribution is 2.27. The van der Waals surface area contributed by atoms with Gasteiger partial charge in [0.05, 0.1) is 31.8 Å². The van der Waals surface area contributed by atoms with E-state index in [9.17, 15) is 19.2 Å². The standard InChI is InChI=1S/C24H35N5O6/c25-23(33)19-14-20(30)26-8-11-34-12-13-35-17-22(32)28-24(15-21(31)27-19)6-9-29(10-7-24)16-18-4-2-1-3-5-18/h1-5,19H,6-17H2,(H2,25,33)(H,26,30)(H,27,31)(H,28,32)/t19-/m0/s1. The average Bonchev–Trinajstić information content (AvgIpc) is 2.82. The van der Waals surface area contributed by atoms with Gasteiger partial charge in [-0.2, -0.15) is 0 Å². The monoisotopic (exact) mass is 489 g/mol. The van der Waals surface area contributed by atoms with Crippen LogP contribution >= 0.6 is 0 Å². The van der Waals surface area contributed by atoms with E-state index in [1.165, 1.54) is 5.56 Å². The number of carbonyl (C=O) groups is 4. The zero-order chi connectivity index (χ0) is 25.1. The van der Waals surface area contributed by atoms with Crippen molar-refractivity contribution in [3.8, 4) is 0 Å². The molecule has 0 aliphatic carbocycles. The van der Waals surface area contributed by atoms with Crippen molar-refractivity contribution in [3.05, 3.63) is 35.9 Å². The van der Waals surface area contributed by atoms with Gasteiger partial charge in [-0.25, -0.2) is 0 Å². The number of benzene rings is 1. The number of hydrogen-bond donors (Lipinski definition) is 4. The highest BCUT2D eigenvalue weighted by Gasteiger charge is 2.38. The molecule has 1 aromatic carbocycles. The van der Waals surface area contributed by atoms with Gasteiger partial charge in [-0.3, -0.25) is 24.1 Å². The number of nitrogens with one attached hydrogen (secondary N) is 3. The van der Waals surface area contributed by atoms with Crippen molar-refractivity contribution < 1.29 is 28.7 Å². The molecule has 1 spiro atoms. The fourth-order valence-corrected chi connectivity index (χ4v) is 4.34. The van der Waals surface area contributed by atoms with Gasteiger partial charge in [-0.1, -0.05) is 30.3 Å². The van der Waals surface area contributed by atoms with Crippen molar-refractivity contribution in [2.24, 2.45) is 5.73 Å². The summed E-state index contributed by atoms with van der Waals surface area (Å²) in [4.78, 5) is 51.9. The molecule has 0 unspecified atom stereocenters. The number of piperidine rings is 1. The Hall–Kier alpha value is -3.02. The summed E-state index contributed by atoms with van der Waals surface area (Å²) in [5.41, 5.74) is 5.82. The summed E-state index contributed by atoms with van der Waals surface area (Å²) < 4.78 is 10.8. The molecular weight excluding hydrogens is 454 g/mol. The molecule has 35 heavy (non-hydrogen) atoms. The van der Waals surface area contributed by atoms with E-state index in [1.807, 2.05) is 18.2 Å². The summed E-state index contributed by atoms with van der Waals surface area (Å²) >= 11 is 0. The molecule has 11 heteroatoms. The van der Waals surface area contributed by atoms with Crippen LogP contribution in [0.4, 0.5) is 0 Å². The molecule has 0 aromatic heterocycles. The Morgan fingerprint density at radius 3 is 2.43 bits per heavy atom. The third-order valence-electron chi connectivity index (χ3n) is 6.21. The number of carbonyl (C=O) groups excluding carboxylic acids is 4. The molecule has 2 aliphatic heterocycles. The fourth-order valence-electron chi connectivity index (χ4n) is 4.34. The lowest BCUT2D eigenvalue weighted by atomic mass is 9.83. The minimum Gasteiger partial charge on any atom is -0.377 e. The van der Waals surface area contributed by atoms with Crippen molar-refractivity contribution in [3.63, 3.8) is 0 Å². The van der Waals surface area contributed by atoms with E-state index in [0.717, 1.165) is 6.54 Å². The normalized spacial score (nSPS) is 23.5. The summed E-state index contributed by atoms with van der Waals surface area (Å²) in [5.74, 6) is -1.99. The quantitative estimate of drug-likeness (QED) is 0.427. The van der Waals surface area contributed by atoms with Crippen LogP contribution in [0.1, 0.15) is 31.2 Å². The number of likely N-dealkylation sites (tertiary alicyclic amines) is 1. The van der Waals surface area contributed by atoms with Gasteiger partial charge in [0.2, 0.25) is 23.6 Å². The largest absolute Gasteiger partial charge is 0.377 e. The number of primary amides is 1. The first kappa shape index (κ1) is 26.6. The van der Waals surface area contributed by atoms with Crippen LogP contribution in [0.15, 0.2) is 30.3 Å².